The molecule has 0 aliphatic carbocycles. The van der Waals surface area contributed by atoms with Crippen molar-refractivity contribution in [3.63, 3.8) is 0 Å². The second-order valence-electron chi connectivity index (χ2n) is 5.23. The number of hydrogen-bond acceptors (Lipinski definition) is 3. The Hall–Kier alpha value is -1.40. The number of benzene rings is 1. The van der Waals surface area contributed by atoms with Gasteiger partial charge < -0.3 is 5.32 Å². The number of sulfonamides is 1. The van der Waals surface area contributed by atoms with Crippen LogP contribution in [-0.4, -0.2) is 26.4 Å². The largest absolute Gasteiger partial charge is 0.347 e. The summed E-state index contributed by atoms with van der Waals surface area (Å²) in [4.78, 5) is 12.1. The average molecular weight is 284 g/mol. The summed E-state index contributed by atoms with van der Waals surface area (Å²) >= 11 is 0. The molecule has 0 radical (unpaired) electrons. The van der Waals surface area contributed by atoms with Crippen molar-refractivity contribution in [2.75, 3.05) is 6.54 Å². The molecule has 0 fully saturated rings. The summed E-state index contributed by atoms with van der Waals surface area (Å²) in [6.07, 6.45) is 0. The Labute approximate surface area is 114 Å². The Bertz CT molecular complexity index is 559. The van der Waals surface area contributed by atoms with Gasteiger partial charge in [-0.15, -0.1) is 0 Å². The lowest BCUT2D eigenvalue weighted by atomic mass is 10.1. The molecule has 0 bridgehead atoms. The van der Waals surface area contributed by atoms with E-state index in [0.717, 1.165) is 0 Å². The smallest absolute Gasteiger partial charge is 0.251 e. The van der Waals surface area contributed by atoms with E-state index < -0.39 is 10.0 Å². The molecule has 0 saturated carbocycles. The van der Waals surface area contributed by atoms with Gasteiger partial charge >= 0.3 is 0 Å². The van der Waals surface area contributed by atoms with Gasteiger partial charge in [0, 0.05) is 17.6 Å². The van der Waals surface area contributed by atoms with Crippen LogP contribution in [0.15, 0.2) is 29.2 Å². The van der Waals surface area contributed by atoms with E-state index in [9.17, 15) is 13.2 Å². The molecule has 106 valence electrons. The van der Waals surface area contributed by atoms with Gasteiger partial charge in [0.2, 0.25) is 10.0 Å². The van der Waals surface area contributed by atoms with Crippen LogP contribution in [0, 0.1) is 0 Å². The van der Waals surface area contributed by atoms with E-state index in [2.05, 4.69) is 10.0 Å². The summed E-state index contributed by atoms with van der Waals surface area (Å²) in [5.74, 6) is -0.291. The summed E-state index contributed by atoms with van der Waals surface area (Å²) in [5.41, 5.74) is -0.0397. The van der Waals surface area contributed by atoms with Gasteiger partial charge in [-0.2, -0.15) is 0 Å². The zero-order valence-corrected chi connectivity index (χ0v) is 12.5. The van der Waals surface area contributed by atoms with Crippen LogP contribution in [0.3, 0.4) is 0 Å². The van der Waals surface area contributed by atoms with Crippen LogP contribution in [-0.2, 0) is 10.0 Å². The van der Waals surface area contributed by atoms with E-state index in [-0.39, 0.29) is 16.3 Å². The van der Waals surface area contributed by atoms with Crippen molar-refractivity contribution >= 4 is 15.9 Å². The van der Waals surface area contributed by atoms with Gasteiger partial charge in [0.25, 0.3) is 5.91 Å². The van der Waals surface area contributed by atoms with Gasteiger partial charge in [-0.05, 0) is 39.0 Å². The second kappa shape index (κ2) is 5.71. The van der Waals surface area contributed by atoms with Crippen molar-refractivity contribution in [3.8, 4) is 0 Å². The molecule has 2 N–H and O–H groups in total. The van der Waals surface area contributed by atoms with Crippen molar-refractivity contribution in [2.45, 2.75) is 38.1 Å². The van der Waals surface area contributed by atoms with Crippen LogP contribution in [0.1, 0.15) is 38.1 Å². The summed E-state index contributed by atoms with van der Waals surface area (Å²) < 4.78 is 26.1. The monoisotopic (exact) mass is 284 g/mol. The summed E-state index contributed by atoms with van der Waals surface area (Å²) in [6.45, 7) is 7.60. The summed E-state index contributed by atoms with van der Waals surface area (Å²) in [6, 6.07) is 5.98. The van der Waals surface area contributed by atoms with Crippen LogP contribution in [0.2, 0.25) is 0 Å². The van der Waals surface area contributed by atoms with Gasteiger partial charge in [-0.25, -0.2) is 13.1 Å². The zero-order valence-electron chi connectivity index (χ0n) is 11.6. The topological polar surface area (TPSA) is 75.3 Å². The molecule has 1 amide bonds. The van der Waals surface area contributed by atoms with E-state index in [1.54, 1.807) is 19.1 Å². The fraction of sp³-hybridized carbons (Fsp3) is 0.462. The Morgan fingerprint density at radius 1 is 1.26 bits per heavy atom. The highest BCUT2D eigenvalue weighted by atomic mass is 32.2. The molecule has 0 aliphatic heterocycles. The third-order valence-corrected chi connectivity index (χ3v) is 3.77. The number of carbonyl (C=O) groups is 1. The first-order chi connectivity index (χ1) is 8.65. The third kappa shape index (κ3) is 4.65. The van der Waals surface area contributed by atoms with Crippen LogP contribution >= 0.6 is 0 Å². The fourth-order valence-electron chi connectivity index (χ4n) is 1.49. The van der Waals surface area contributed by atoms with Crippen LogP contribution in [0.4, 0.5) is 0 Å². The lowest BCUT2D eigenvalue weighted by Crippen LogP contribution is -2.40. The molecule has 0 heterocycles. The molecule has 1 rings (SSSR count). The highest BCUT2D eigenvalue weighted by Crippen LogP contribution is 2.12. The van der Waals surface area contributed by atoms with Crippen molar-refractivity contribution in [1.29, 1.82) is 0 Å². The molecule has 1 aromatic carbocycles. The highest BCUT2D eigenvalue weighted by Gasteiger charge is 2.18. The highest BCUT2D eigenvalue weighted by molar-refractivity contribution is 7.89. The predicted molar refractivity (Wildman–Crippen MR) is 74.5 cm³/mol. The molecule has 0 unspecified atom stereocenters. The molecular formula is C13H20N2O3S. The van der Waals surface area contributed by atoms with Gasteiger partial charge in [0.1, 0.15) is 0 Å². The summed E-state index contributed by atoms with van der Waals surface area (Å²) in [7, 11) is -3.54. The number of hydrogen-bond donors (Lipinski definition) is 2. The first-order valence-corrected chi connectivity index (χ1v) is 7.56. The number of nitrogens with one attached hydrogen (secondary N) is 2. The maximum Gasteiger partial charge on any atom is 0.251 e. The van der Waals surface area contributed by atoms with Crippen molar-refractivity contribution in [2.24, 2.45) is 0 Å². The number of amides is 1. The molecular weight excluding hydrogens is 264 g/mol. The van der Waals surface area contributed by atoms with Gasteiger partial charge in [0.15, 0.2) is 0 Å². The van der Waals surface area contributed by atoms with Crippen molar-refractivity contribution in [1.82, 2.24) is 10.0 Å². The lowest BCUT2D eigenvalue weighted by molar-refractivity contribution is 0.0919. The minimum Gasteiger partial charge on any atom is -0.347 e. The first kappa shape index (κ1) is 15.7. The molecule has 0 spiro atoms. The van der Waals surface area contributed by atoms with E-state index in [1.165, 1.54) is 12.1 Å². The number of carbonyl (C=O) groups excluding carboxylic acids is 1. The molecule has 1 aromatic rings. The molecule has 6 heteroatoms. The quantitative estimate of drug-likeness (QED) is 0.880. The number of rotatable bonds is 4. The molecule has 0 saturated heterocycles. The van der Waals surface area contributed by atoms with Gasteiger partial charge in [-0.1, -0.05) is 13.0 Å². The van der Waals surface area contributed by atoms with Crippen LogP contribution < -0.4 is 10.0 Å². The Morgan fingerprint density at radius 3 is 2.42 bits per heavy atom. The second-order valence-corrected chi connectivity index (χ2v) is 7.00. The molecule has 0 aliphatic rings. The Morgan fingerprint density at radius 2 is 1.89 bits per heavy atom. The predicted octanol–water partition coefficient (Wildman–Crippen LogP) is 1.51. The third-order valence-electron chi connectivity index (χ3n) is 2.23. The molecule has 5 nitrogen and oxygen atoms in total. The minimum atomic E-state index is -3.54. The SMILES string of the molecule is CCNS(=O)(=O)c1cccc(C(=O)NC(C)(C)C)c1. The van der Waals surface area contributed by atoms with Crippen LogP contribution in [0.25, 0.3) is 0 Å². The Kier molecular flexibility index (Phi) is 4.70. The van der Waals surface area contributed by atoms with E-state index >= 15 is 0 Å². The lowest BCUT2D eigenvalue weighted by Gasteiger charge is -2.20. The molecule has 0 aromatic heterocycles. The minimum absolute atomic E-state index is 0.0934. The Balaban J connectivity index is 3.05. The molecule has 0 atom stereocenters. The van der Waals surface area contributed by atoms with E-state index in [0.29, 0.717) is 12.1 Å². The normalized spacial score (nSPS) is 12.2. The zero-order chi connectivity index (χ0) is 14.7. The summed E-state index contributed by atoms with van der Waals surface area (Å²) in [5, 5.41) is 2.79. The van der Waals surface area contributed by atoms with Crippen molar-refractivity contribution < 1.29 is 13.2 Å². The van der Waals surface area contributed by atoms with Crippen LogP contribution in [0.5, 0.6) is 0 Å². The maximum absolute atomic E-state index is 12.0. The van der Waals surface area contributed by atoms with E-state index in [4.69, 9.17) is 0 Å². The average Bonchev–Trinajstić information content (AvgIpc) is 2.27. The first-order valence-electron chi connectivity index (χ1n) is 6.08. The molecule has 19 heavy (non-hydrogen) atoms. The van der Waals surface area contributed by atoms with Gasteiger partial charge in [-0.3, -0.25) is 4.79 Å². The van der Waals surface area contributed by atoms with E-state index in [1.807, 2.05) is 20.8 Å². The van der Waals surface area contributed by atoms with Gasteiger partial charge in [0.05, 0.1) is 4.90 Å². The standard InChI is InChI=1S/C13H20N2O3S/c1-5-14-19(17,18)11-8-6-7-10(9-11)12(16)15-13(2,3)4/h6-9,14H,5H2,1-4H3,(H,15,16). The van der Waals surface area contributed by atoms with Crippen molar-refractivity contribution in [3.05, 3.63) is 29.8 Å². The fourth-order valence-corrected chi connectivity index (χ4v) is 2.58. The maximum atomic E-state index is 12.0.